The number of urea groups is 1. The summed E-state index contributed by atoms with van der Waals surface area (Å²) in [4.78, 5) is 28.6. The topological polar surface area (TPSA) is 78.7 Å². The van der Waals surface area contributed by atoms with E-state index >= 15 is 0 Å². The minimum absolute atomic E-state index is 0.0933. The minimum Gasteiger partial charge on any atom is -0.324 e. The van der Waals surface area contributed by atoms with Gasteiger partial charge in [0.05, 0.1) is 0 Å². The number of likely N-dealkylation sites (tertiary alicyclic amines) is 1. The quantitative estimate of drug-likeness (QED) is 0.572. The van der Waals surface area contributed by atoms with Crippen molar-refractivity contribution in [2.24, 2.45) is 5.73 Å². The van der Waals surface area contributed by atoms with E-state index in [0.717, 1.165) is 19.6 Å². The maximum absolute atomic E-state index is 12.7. The van der Waals surface area contributed by atoms with E-state index in [1.165, 1.54) is 24.2 Å². The molecule has 2 heterocycles. The van der Waals surface area contributed by atoms with Crippen LogP contribution in [0.3, 0.4) is 0 Å². The Bertz CT molecular complexity index is 422. The summed E-state index contributed by atoms with van der Waals surface area (Å²) in [7, 11) is 0. The average molecular weight is 310 g/mol. The van der Waals surface area contributed by atoms with E-state index in [1.54, 1.807) is 0 Å². The van der Waals surface area contributed by atoms with Crippen LogP contribution in [0.1, 0.15) is 52.9 Å². The lowest BCUT2D eigenvalue weighted by Crippen LogP contribution is -2.55. The third kappa shape index (κ3) is 3.79. The fourth-order valence-electron chi connectivity index (χ4n) is 3.31. The van der Waals surface area contributed by atoms with E-state index in [9.17, 15) is 9.59 Å². The van der Waals surface area contributed by atoms with Crippen molar-refractivity contribution in [3.05, 3.63) is 0 Å². The van der Waals surface area contributed by atoms with Gasteiger partial charge in [0.15, 0.2) is 0 Å². The lowest BCUT2D eigenvalue weighted by molar-refractivity contribution is -0.133. The summed E-state index contributed by atoms with van der Waals surface area (Å²) in [5.41, 5.74) is 4.70. The monoisotopic (exact) mass is 310 g/mol. The zero-order valence-corrected chi connectivity index (χ0v) is 14.2. The van der Waals surface area contributed by atoms with E-state index in [0.29, 0.717) is 12.8 Å². The summed E-state index contributed by atoms with van der Waals surface area (Å²) in [6.07, 6.45) is 5.07. The first kappa shape index (κ1) is 17.2. The molecule has 0 aliphatic carbocycles. The smallest absolute Gasteiger partial charge is 0.324 e. The van der Waals surface area contributed by atoms with Gasteiger partial charge in [-0.05, 0) is 39.7 Å². The third-order valence-electron chi connectivity index (χ3n) is 4.60. The molecule has 2 aliphatic heterocycles. The van der Waals surface area contributed by atoms with Gasteiger partial charge in [-0.2, -0.15) is 0 Å². The van der Waals surface area contributed by atoms with Crippen LogP contribution in [0.25, 0.3) is 0 Å². The second-order valence-electron chi connectivity index (χ2n) is 7.44. The van der Waals surface area contributed by atoms with Gasteiger partial charge in [0, 0.05) is 25.2 Å². The van der Waals surface area contributed by atoms with Crippen molar-refractivity contribution in [1.29, 1.82) is 0 Å². The zero-order chi connectivity index (χ0) is 16.4. The van der Waals surface area contributed by atoms with Crippen LogP contribution in [-0.4, -0.2) is 59.0 Å². The van der Waals surface area contributed by atoms with E-state index in [1.807, 2.05) is 13.8 Å². The number of carbonyl (C=O) groups is 2. The Hall–Kier alpha value is -1.14. The molecule has 0 atom stereocenters. The number of unbranched alkanes of at least 4 members (excludes halogenated alkanes) is 2. The number of carbonyl (C=O) groups excluding carboxylic acids is 2. The highest BCUT2D eigenvalue weighted by Crippen LogP contribution is 2.30. The van der Waals surface area contributed by atoms with Crippen molar-refractivity contribution < 1.29 is 9.59 Å². The Morgan fingerprint density at radius 2 is 1.86 bits per heavy atom. The van der Waals surface area contributed by atoms with Crippen molar-refractivity contribution in [1.82, 2.24) is 15.1 Å². The molecule has 0 radical (unpaired) electrons. The highest BCUT2D eigenvalue weighted by Gasteiger charge is 2.52. The molecule has 0 saturated carbocycles. The molecule has 0 aromatic heterocycles. The number of rotatable bonds is 6. The molecular weight excluding hydrogens is 280 g/mol. The van der Waals surface area contributed by atoms with Crippen LogP contribution in [0, 0.1) is 0 Å². The summed E-state index contributed by atoms with van der Waals surface area (Å²) >= 11 is 0. The second-order valence-corrected chi connectivity index (χ2v) is 7.44. The number of amides is 3. The Kier molecular flexibility index (Phi) is 5.12. The maximum Gasteiger partial charge on any atom is 0.325 e. The average Bonchev–Trinajstić information content (AvgIpc) is 2.65. The molecule has 126 valence electrons. The van der Waals surface area contributed by atoms with Crippen LogP contribution in [-0.2, 0) is 4.79 Å². The van der Waals surface area contributed by atoms with Crippen molar-refractivity contribution in [3.63, 3.8) is 0 Å². The van der Waals surface area contributed by atoms with Crippen LogP contribution in [0.15, 0.2) is 0 Å². The van der Waals surface area contributed by atoms with Gasteiger partial charge < -0.3 is 16.0 Å². The van der Waals surface area contributed by atoms with Crippen LogP contribution in [0.2, 0.25) is 0 Å². The summed E-state index contributed by atoms with van der Waals surface area (Å²) in [6.45, 7) is 8.95. The lowest BCUT2D eigenvalue weighted by Gasteiger charge is -2.37. The molecule has 2 fully saturated rings. The summed E-state index contributed by atoms with van der Waals surface area (Å²) in [5.74, 6) is -0.0933. The molecule has 2 rings (SSSR count). The van der Waals surface area contributed by atoms with E-state index in [4.69, 9.17) is 5.73 Å². The number of nitrogens with zero attached hydrogens (tertiary/aromatic N) is 2. The summed E-state index contributed by atoms with van der Waals surface area (Å²) in [5, 5.41) is 2.93. The van der Waals surface area contributed by atoms with Crippen molar-refractivity contribution in [2.45, 2.75) is 64.0 Å². The molecule has 0 aromatic rings. The van der Waals surface area contributed by atoms with E-state index in [2.05, 4.69) is 17.1 Å². The fourth-order valence-corrected chi connectivity index (χ4v) is 3.31. The normalized spacial score (nSPS) is 22.5. The Labute approximate surface area is 133 Å². The predicted octanol–water partition coefficient (Wildman–Crippen LogP) is 1.30. The summed E-state index contributed by atoms with van der Waals surface area (Å²) in [6, 6.07) is -0.289. The number of hydrogen-bond acceptors (Lipinski definition) is 4. The lowest BCUT2D eigenvalue weighted by atomic mass is 9.87. The van der Waals surface area contributed by atoms with Gasteiger partial charge in [0.1, 0.15) is 5.54 Å². The van der Waals surface area contributed by atoms with Gasteiger partial charge >= 0.3 is 6.03 Å². The summed E-state index contributed by atoms with van der Waals surface area (Å²) < 4.78 is 0. The molecular formula is C16H30N4O2. The molecule has 6 heteroatoms. The standard InChI is InChI=1S/C16H30N4O2/c1-4-5-6-9-19-10-7-16(8-11-19)13(21)20(14(22)18-16)12-15(2,3)17/h4-12,17H2,1-3H3,(H,18,22). The largest absolute Gasteiger partial charge is 0.325 e. The van der Waals surface area contributed by atoms with Gasteiger partial charge in [-0.1, -0.05) is 19.8 Å². The molecule has 1 spiro atoms. The van der Waals surface area contributed by atoms with Crippen LogP contribution < -0.4 is 11.1 Å². The second kappa shape index (κ2) is 6.54. The SMILES string of the molecule is CCCCCN1CCC2(CC1)NC(=O)N(CC(C)(C)N)C2=O. The predicted molar refractivity (Wildman–Crippen MR) is 86.4 cm³/mol. The first-order valence-corrected chi connectivity index (χ1v) is 8.43. The first-order chi connectivity index (χ1) is 10.3. The zero-order valence-electron chi connectivity index (χ0n) is 14.2. The van der Waals surface area contributed by atoms with Crippen molar-refractivity contribution in [2.75, 3.05) is 26.2 Å². The van der Waals surface area contributed by atoms with E-state index < -0.39 is 11.1 Å². The van der Waals surface area contributed by atoms with Crippen LogP contribution >= 0.6 is 0 Å². The van der Waals surface area contributed by atoms with E-state index in [-0.39, 0.29) is 18.5 Å². The number of hydrogen-bond donors (Lipinski definition) is 2. The Balaban J connectivity index is 1.93. The van der Waals surface area contributed by atoms with Gasteiger partial charge in [-0.25, -0.2) is 4.79 Å². The Morgan fingerprint density at radius 1 is 1.23 bits per heavy atom. The fraction of sp³-hybridized carbons (Fsp3) is 0.875. The molecule has 6 nitrogen and oxygen atoms in total. The van der Waals surface area contributed by atoms with Crippen molar-refractivity contribution >= 4 is 11.9 Å². The minimum atomic E-state index is -0.691. The number of nitrogens with one attached hydrogen (secondary N) is 1. The molecule has 0 unspecified atom stereocenters. The number of nitrogens with two attached hydrogens (primary N) is 1. The molecule has 3 amide bonds. The molecule has 2 aliphatic rings. The van der Waals surface area contributed by atoms with Crippen molar-refractivity contribution in [3.8, 4) is 0 Å². The highest BCUT2D eigenvalue weighted by atomic mass is 16.2. The first-order valence-electron chi connectivity index (χ1n) is 8.43. The van der Waals surface area contributed by atoms with Gasteiger partial charge in [0.25, 0.3) is 5.91 Å². The van der Waals surface area contributed by atoms with Gasteiger partial charge in [0.2, 0.25) is 0 Å². The third-order valence-corrected chi connectivity index (χ3v) is 4.60. The number of piperidine rings is 1. The molecule has 2 saturated heterocycles. The van der Waals surface area contributed by atoms with Gasteiger partial charge in [-0.15, -0.1) is 0 Å². The molecule has 22 heavy (non-hydrogen) atoms. The highest BCUT2D eigenvalue weighted by molar-refractivity contribution is 6.07. The number of imide groups is 1. The maximum atomic E-state index is 12.7. The molecule has 0 aromatic carbocycles. The van der Waals surface area contributed by atoms with Crippen LogP contribution in [0.5, 0.6) is 0 Å². The Morgan fingerprint density at radius 3 is 2.41 bits per heavy atom. The van der Waals surface area contributed by atoms with Gasteiger partial charge in [-0.3, -0.25) is 9.69 Å². The molecule has 0 bridgehead atoms. The van der Waals surface area contributed by atoms with Crippen LogP contribution in [0.4, 0.5) is 4.79 Å². The molecule has 3 N–H and O–H groups in total.